The number of aromatic nitrogens is 3. The summed E-state index contributed by atoms with van der Waals surface area (Å²) in [6.07, 6.45) is 1.09. The molecule has 0 spiro atoms. The van der Waals surface area contributed by atoms with Gasteiger partial charge in [0.2, 0.25) is 0 Å². The second-order valence-electron chi connectivity index (χ2n) is 7.10. The number of rotatable bonds is 3. The quantitative estimate of drug-likeness (QED) is 0.682. The van der Waals surface area contributed by atoms with E-state index < -0.39 is 23.1 Å². The molecule has 29 heavy (non-hydrogen) atoms. The van der Waals surface area contributed by atoms with E-state index in [-0.39, 0.29) is 11.6 Å². The van der Waals surface area contributed by atoms with Gasteiger partial charge in [0.05, 0.1) is 5.69 Å². The standard InChI is InChI=1S/C21H20F2N4O2/c1-25-21(29)27(15-6-3-2-4-7-15)19(24-25)14-10-12-26(13-11-14)20(28)18-16(22)8-5-9-17(18)23/h2-9,14H,10-13H2,1H3. The molecular weight excluding hydrogens is 378 g/mol. The largest absolute Gasteiger partial charge is 0.350 e. The van der Waals surface area contributed by atoms with E-state index in [2.05, 4.69) is 5.10 Å². The molecular formula is C21H20F2N4O2. The van der Waals surface area contributed by atoms with Crippen molar-refractivity contribution in [2.45, 2.75) is 18.8 Å². The number of carbonyl (C=O) groups excluding carboxylic acids is 1. The summed E-state index contributed by atoms with van der Waals surface area (Å²) < 4.78 is 30.8. The molecule has 4 rings (SSSR count). The van der Waals surface area contributed by atoms with E-state index in [0.29, 0.717) is 31.8 Å². The second-order valence-corrected chi connectivity index (χ2v) is 7.10. The van der Waals surface area contributed by atoms with Crippen LogP contribution in [0.15, 0.2) is 53.3 Å². The summed E-state index contributed by atoms with van der Waals surface area (Å²) in [6.45, 7) is 0.660. The molecule has 0 unspecified atom stereocenters. The van der Waals surface area contributed by atoms with Gasteiger partial charge in [-0.1, -0.05) is 24.3 Å². The number of benzene rings is 2. The Hall–Kier alpha value is -3.29. The molecule has 0 radical (unpaired) electrons. The Balaban J connectivity index is 1.56. The van der Waals surface area contributed by atoms with E-state index in [1.165, 1.54) is 15.6 Å². The predicted molar refractivity (Wildman–Crippen MR) is 103 cm³/mol. The van der Waals surface area contributed by atoms with Crippen LogP contribution in [0, 0.1) is 11.6 Å². The lowest BCUT2D eigenvalue weighted by atomic mass is 9.95. The van der Waals surface area contributed by atoms with Crippen molar-refractivity contribution in [3.63, 3.8) is 0 Å². The topological polar surface area (TPSA) is 60.1 Å². The zero-order valence-corrected chi connectivity index (χ0v) is 15.9. The molecule has 150 valence electrons. The number of halogens is 2. The Morgan fingerprint density at radius 1 is 1.00 bits per heavy atom. The summed E-state index contributed by atoms with van der Waals surface area (Å²) in [5.41, 5.74) is -0.0318. The highest BCUT2D eigenvalue weighted by Crippen LogP contribution is 2.29. The third-order valence-electron chi connectivity index (χ3n) is 5.29. The first-order valence-electron chi connectivity index (χ1n) is 9.42. The molecule has 1 saturated heterocycles. The van der Waals surface area contributed by atoms with Crippen molar-refractivity contribution in [2.75, 3.05) is 13.1 Å². The Labute approximate surface area is 166 Å². The van der Waals surface area contributed by atoms with Gasteiger partial charge in [0, 0.05) is 26.1 Å². The van der Waals surface area contributed by atoms with Gasteiger partial charge in [-0.05, 0) is 37.1 Å². The summed E-state index contributed by atoms with van der Waals surface area (Å²) in [5, 5.41) is 4.41. The molecule has 1 fully saturated rings. The maximum absolute atomic E-state index is 13.9. The molecule has 1 amide bonds. The Morgan fingerprint density at radius 2 is 1.62 bits per heavy atom. The molecule has 0 saturated carbocycles. The first-order chi connectivity index (χ1) is 14.0. The van der Waals surface area contributed by atoms with Crippen LogP contribution < -0.4 is 5.69 Å². The molecule has 1 aromatic heterocycles. The highest BCUT2D eigenvalue weighted by Gasteiger charge is 2.31. The molecule has 0 aliphatic carbocycles. The Kier molecular flexibility index (Phi) is 5.00. The summed E-state index contributed by atoms with van der Waals surface area (Å²) in [6, 6.07) is 12.6. The lowest BCUT2D eigenvalue weighted by Gasteiger charge is -2.31. The van der Waals surface area contributed by atoms with E-state index in [1.54, 1.807) is 11.6 Å². The minimum atomic E-state index is -0.861. The fraction of sp³-hybridized carbons (Fsp3) is 0.286. The summed E-state index contributed by atoms with van der Waals surface area (Å²) in [5.74, 6) is -1.79. The van der Waals surface area contributed by atoms with Crippen LogP contribution in [-0.4, -0.2) is 38.2 Å². The number of nitrogens with zero attached hydrogens (tertiary/aromatic N) is 4. The van der Waals surface area contributed by atoms with Gasteiger partial charge in [0.1, 0.15) is 23.0 Å². The zero-order chi connectivity index (χ0) is 20.5. The number of hydrogen-bond donors (Lipinski definition) is 0. The van der Waals surface area contributed by atoms with Crippen molar-refractivity contribution in [3.8, 4) is 5.69 Å². The van der Waals surface area contributed by atoms with Crippen molar-refractivity contribution in [3.05, 3.63) is 82.0 Å². The van der Waals surface area contributed by atoms with E-state index in [9.17, 15) is 18.4 Å². The second kappa shape index (κ2) is 7.62. The minimum absolute atomic E-state index is 0.0429. The number of amides is 1. The number of hydrogen-bond acceptors (Lipinski definition) is 3. The van der Waals surface area contributed by atoms with Crippen LogP contribution in [0.4, 0.5) is 8.78 Å². The van der Waals surface area contributed by atoms with Crippen molar-refractivity contribution in [1.29, 1.82) is 0 Å². The Bertz CT molecular complexity index is 1080. The van der Waals surface area contributed by atoms with Crippen LogP contribution >= 0.6 is 0 Å². The van der Waals surface area contributed by atoms with E-state index in [1.807, 2.05) is 30.3 Å². The van der Waals surface area contributed by atoms with Gasteiger partial charge in [0.15, 0.2) is 0 Å². The number of aryl methyl sites for hydroxylation is 1. The van der Waals surface area contributed by atoms with Crippen LogP contribution in [0.1, 0.15) is 34.9 Å². The fourth-order valence-corrected chi connectivity index (χ4v) is 3.77. The van der Waals surface area contributed by atoms with Gasteiger partial charge in [-0.3, -0.25) is 4.79 Å². The van der Waals surface area contributed by atoms with Crippen LogP contribution in [0.25, 0.3) is 5.69 Å². The van der Waals surface area contributed by atoms with Crippen LogP contribution in [0.2, 0.25) is 0 Å². The molecule has 0 N–H and O–H groups in total. The molecule has 0 bridgehead atoms. The number of likely N-dealkylation sites (tertiary alicyclic amines) is 1. The third-order valence-corrected chi connectivity index (χ3v) is 5.29. The molecule has 2 heterocycles. The van der Waals surface area contributed by atoms with E-state index in [0.717, 1.165) is 17.8 Å². The maximum Gasteiger partial charge on any atom is 0.350 e. The van der Waals surface area contributed by atoms with Gasteiger partial charge in [-0.2, -0.15) is 5.10 Å². The van der Waals surface area contributed by atoms with Gasteiger partial charge < -0.3 is 4.90 Å². The van der Waals surface area contributed by atoms with Crippen molar-refractivity contribution in [1.82, 2.24) is 19.2 Å². The highest BCUT2D eigenvalue weighted by atomic mass is 19.1. The number of piperidine rings is 1. The predicted octanol–water partition coefficient (Wildman–Crippen LogP) is 2.87. The van der Waals surface area contributed by atoms with Crippen molar-refractivity contribution >= 4 is 5.91 Å². The number of para-hydroxylation sites is 1. The maximum atomic E-state index is 13.9. The minimum Gasteiger partial charge on any atom is -0.338 e. The molecule has 6 nitrogen and oxygen atoms in total. The van der Waals surface area contributed by atoms with Gasteiger partial charge in [0.25, 0.3) is 5.91 Å². The van der Waals surface area contributed by atoms with Gasteiger partial charge in [-0.25, -0.2) is 22.8 Å². The molecule has 0 atom stereocenters. The summed E-state index contributed by atoms with van der Waals surface area (Å²) in [4.78, 5) is 26.6. The summed E-state index contributed by atoms with van der Waals surface area (Å²) in [7, 11) is 1.60. The lowest BCUT2D eigenvalue weighted by molar-refractivity contribution is 0.0700. The van der Waals surface area contributed by atoms with Crippen LogP contribution in [0.3, 0.4) is 0 Å². The van der Waals surface area contributed by atoms with Crippen molar-refractivity contribution < 1.29 is 13.6 Å². The van der Waals surface area contributed by atoms with Crippen molar-refractivity contribution in [2.24, 2.45) is 7.05 Å². The fourth-order valence-electron chi connectivity index (χ4n) is 3.77. The first-order valence-corrected chi connectivity index (χ1v) is 9.42. The van der Waals surface area contributed by atoms with E-state index in [4.69, 9.17) is 0 Å². The lowest BCUT2D eigenvalue weighted by Crippen LogP contribution is -2.39. The molecule has 1 aliphatic rings. The monoisotopic (exact) mass is 398 g/mol. The Morgan fingerprint density at radius 3 is 2.24 bits per heavy atom. The SMILES string of the molecule is Cn1nc(C2CCN(C(=O)c3c(F)cccc3F)CC2)n(-c2ccccc2)c1=O. The average molecular weight is 398 g/mol. The average Bonchev–Trinajstić information content (AvgIpc) is 3.03. The third kappa shape index (κ3) is 3.46. The normalized spacial score (nSPS) is 14.9. The van der Waals surface area contributed by atoms with E-state index >= 15 is 0 Å². The van der Waals surface area contributed by atoms with Crippen LogP contribution in [0.5, 0.6) is 0 Å². The molecule has 2 aromatic carbocycles. The van der Waals surface area contributed by atoms with Gasteiger partial charge >= 0.3 is 5.69 Å². The summed E-state index contributed by atoms with van der Waals surface area (Å²) >= 11 is 0. The zero-order valence-electron chi connectivity index (χ0n) is 15.9. The molecule has 8 heteroatoms. The smallest absolute Gasteiger partial charge is 0.338 e. The van der Waals surface area contributed by atoms with Gasteiger partial charge in [-0.15, -0.1) is 0 Å². The first kappa shape index (κ1) is 19.0. The number of carbonyl (C=O) groups is 1. The molecule has 1 aliphatic heterocycles. The molecule has 3 aromatic rings. The van der Waals surface area contributed by atoms with Crippen LogP contribution in [-0.2, 0) is 7.05 Å². The highest BCUT2D eigenvalue weighted by molar-refractivity contribution is 5.94.